The maximum atomic E-state index is 3.95. The second kappa shape index (κ2) is 19.4. The summed E-state index contributed by atoms with van der Waals surface area (Å²) in [5.41, 5.74) is 8.61. The maximum Gasteiger partial charge on any atom is 0.0739 e. The first-order valence-corrected chi connectivity index (χ1v) is 14.7. The molecule has 0 bridgehead atoms. The van der Waals surface area contributed by atoms with Crippen LogP contribution in [0.2, 0.25) is 0 Å². The van der Waals surface area contributed by atoms with E-state index in [0.29, 0.717) is 0 Å². The van der Waals surface area contributed by atoms with Crippen molar-refractivity contribution in [2.75, 3.05) is 6.54 Å². The molecular formula is C35H50IN. The molecule has 1 nitrogen and oxygen atoms in total. The van der Waals surface area contributed by atoms with Gasteiger partial charge in [-0.05, 0) is 60.6 Å². The summed E-state index contributed by atoms with van der Waals surface area (Å²) in [7, 11) is 0. The van der Waals surface area contributed by atoms with Crippen LogP contribution in [0, 0.1) is 5.41 Å². The third-order valence-electron chi connectivity index (χ3n) is 7.72. The molecule has 0 aliphatic heterocycles. The largest absolute Gasteiger partial charge is 1.00 e. The summed E-state index contributed by atoms with van der Waals surface area (Å²) in [6, 6.07) is 33.6. The van der Waals surface area contributed by atoms with Gasteiger partial charge in [-0.2, -0.15) is 0 Å². The van der Waals surface area contributed by atoms with Crippen LogP contribution in [0.1, 0.15) is 93.7 Å². The van der Waals surface area contributed by atoms with E-state index in [-0.39, 0.29) is 29.4 Å². The van der Waals surface area contributed by atoms with Crippen molar-refractivity contribution < 1.29 is 29.7 Å². The second-order valence-corrected chi connectivity index (χ2v) is 11.0. The van der Waals surface area contributed by atoms with E-state index in [9.17, 15) is 0 Å². The van der Waals surface area contributed by atoms with Gasteiger partial charge in [0.25, 0.3) is 0 Å². The Labute approximate surface area is 244 Å². The predicted octanol–water partition coefficient (Wildman–Crippen LogP) is 5.63. The Hall–Kier alpha value is -1.65. The third kappa shape index (κ3) is 13.1. The van der Waals surface area contributed by atoms with E-state index in [2.05, 4.69) is 96.7 Å². The van der Waals surface area contributed by atoms with Gasteiger partial charge in [0.1, 0.15) is 0 Å². The predicted molar refractivity (Wildman–Crippen MR) is 156 cm³/mol. The van der Waals surface area contributed by atoms with Crippen molar-refractivity contribution in [3.63, 3.8) is 0 Å². The van der Waals surface area contributed by atoms with Gasteiger partial charge >= 0.3 is 0 Å². The van der Waals surface area contributed by atoms with E-state index in [1.807, 2.05) is 0 Å². The van der Waals surface area contributed by atoms with Crippen molar-refractivity contribution in [3.8, 4) is 0 Å². The fourth-order valence-electron chi connectivity index (χ4n) is 5.81. The smallest absolute Gasteiger partial charge is 0.0739 e. The topological polar surface area (TPSA) is 27.6 Å². The third-order valence-corrected chi connectivity index (χ3v) is 7.72. The van der Waals surface area contributed by atoms with Crippen molar-refractivity contribution in [2.24, 2.45) is 5.41 Å². The maximum absolute atomic E-state index is 3.95. The minimum atomic E-state index is 0. The van der Waals surface area contributed by atoms with Crippen LogP contribution in [0.25, 0.3) is 0 Å². The lowest BCUT2D eigenvalue weighted by molar-refractivity contribution is -0.368. The quantitative estimate of drug-likeness (QED) is 0.135. The zero-order chi connectivity index (χ0) is 25.2. The van der Waals surface area contributed by atoms with E-state index in [0.717, 1.165) is 25.8 Å². The van der Waals surface area contributed by atoms with E-state index < -0.39 is 0 Å². The van der Waals surface area contributed by atoms with Gasteiger partial charge in [0.15, 0.2) is 0 Å². The Morgan fingerprint density at radius 3 is 1.03 bits per heavy atom. The summed E-state index contributed by atoms with van der Waals surface area (Å²) in [5.74, 6) is 0. The number of unbranched alkanes of at least 4 members (excludes halogenated alkanes) is 10. The van der Waals surface area contributed by atoms with Gasteiger partial charge in [-0.25, -0.2) is 0 Å². The molecule has 3 N–H and O–H groups in total. The molecule has 0 aliphatic carbocycles. The number of rotatable bonds is 19. The highest BCUT2D eigenvalue weighted by atomic mass is 127. The van der Waals surface area contributed by atoms with Crippen molar-refractivity contribution in [3.05, 3.63) is 108 Å². The fourth-order valence-corrected chi connectivity index (χ4v) is 5.81. The van der Waals surface area contributed by atoms with Crippen LogP contribution in [-0.4, -0.2) is 6.54 Å². The molecule has 3 rings (SSSR count). The van der Waals surface area contributed by atoms with Gasteiger partial charge in [0.05, 0.1) is 6.54 Å². The number of benzene rings is 3. The molecule has 0 heterocycles. The molecule has 37 heavy (non-hydrogen) atoms. The average Bonchev–Trinajstić information content (AvgIpc) is 2.91. The molecular weight excluding hydrogens is 561 g/mol. The average molecular weight is 612 g/mol. The van der Waals surface area contributed by atoms with E-state index in [1.54, 1.807) is 0 Å². The van der Waals surface area contributed by atoms with Gasteiger partial charge in [-0.3, -0.25) is 0 Å². The lowest BCUT2D eigenvalue weighted by atomic mass is 9.69. The van der Waals surface area contributed by atoms with Crippen molar-refractivity contribution >= 4 is 0 Å². The van der Waals surface area contributed by atoms with Crippen molar-refractivity contribution in [1.82, 2.24) is 0 Å². The first kappa shape index (κ1) is 31.6. The molecule has 0 fully saturated rings. The molecule has 0 unspecified atom stereocenters. The minimum absolute atomic E-state index is 0. The molecule has 0 aliphatic rings. The minimum Gasteiger partial charge on any atom is -1.00 e. The first-order valence-electron chi connectivity index (χ1n) is 14.7. The van der Waals surface area contributed by atoms with Crippen molar-refractivity contribution in [2.45, 2.75) is 96.3 Å². The summed E-state index contributed by atoms with van der Waals surface area (Å²) < 4.78 is 0. The Balaban J connectivity index is 0.00000481. The van der Waals surface area contributed by atoms with E-state index >= 15 is 0 Å². The van der Waals surface area contributed by atoms with Gasteiger partial charge in [0.2, 0.25) is 0 Å². The molecule has 202 valence electrons. The van der Waals surface area contributed by atoms with E-state index in [1.165, 1.54) is 93.7 Å². The molecule has 0 atom stereocenters. The number of hydrogen-bond acceptors (Lipinski definition) is 0. The summed E-state index contributed by atoms with van der Waals surface area (Å²) >= 11 is 0. The first-order chi connectivity index (χ1) is 17.8. The lowest BCUT2D eigenvalue weighted by Gasteiger charge is -2.35. The molecule has 3 aromatic carbocycles. The summed E-state index contributed by atoms with van der Waals surface area (Å²) in [6.45, 7) is 1.10. The molecule has 0 aromatic heterocycles. The summed E-state index contributed by atoms with van der Waals surface area (Å²) in [5, 5.41) is 0. The number of halogens is 1. The SMILES string of the molecule is [I-].[NH3+]CCCCCCCCCCCCCC(Cc1ccccc1)(Cc1ccccc1)Cc1ccccc1. The summed E-state index contributed by atoms with van der Waals surface area (Å²) in [6.07, 6.45) is 20.0. The molecule has 0 saturated carbocycles. The number of quaternary nitrogens is 1. The lowest BCUT2D eigenvalue weighted by Crippen LogP contribution is -3.00. The molecule has 0 saturated heterocycles. The van der Waals surface area contributed by atoms with Crippen LogP contribution in [0.4, 0.5) is 0 Å². The Bertz CT molecular complexity index is 808. The zero-order valence-electron chi connectivity index (χ0n) is 23.1. The van der Waals surface area contributed by atoms with Crippen LogP contribution in [-0.2, 0) is 19.3 Å². The summed E-state index contributed by atoms with van der Waals surface area (Å²) in [4.78, 5) is 0. The number of hydrogen-bond donors (Lipinski definition) is 1. The van der Waals surface area contributed by atoms with Crippen LogP contribution in [0.3, 0.4) is 0 Å². The highest BCUT2D eigenvalue weighted by molar-refractivity contribution is 5.24. The van der Waals surface area contributed by atoms with Crippen LogP contribution >= 0.6 is 0 Å². The molecule has 2 heteroatoms. The van der Waals surface area contributed by atoms with Gasteiger partial charge in [-0.15, -0.1) is 0 Å². The Morgan fingerprint density at radius 1 is 0.405 bits per heavy atom. The fraction of sp³-hybridized carbons (Fsp3) is 0.486. The second-order valence-electron chi connectivity index (χ2n) is 11.0. The van der Waals surface area contributed by atoms with Crippen molar-refractivity contribution in [1.29, 1.82) is 0 Å². The Morgan fingerprint density at radius 2 is 0.703 bits per heavy atom. The highest BCUT2D eigenvalue weighted by Gasteiger charge is 2.30. The van der Waals surface area contributed by atoms with E-state index in [4.69, 9.17) is 0 Å². The van der Waals surface area contributed by atoms with Gasteiger partial charge in [-0.1, -0.05) is 149 Å². The molecule has 3 aromatic rings. The van der Waals surface area contributed by atoms with Gasteiger partial charge < -0.3 is 29.7 Å². The molecule has 0 radical (unpaired) electrons. The van der Waals surface area contributed by atoms with Crippen LogP contribution < -0.4 is 29.7 Å². The monoisotopic (exact) mass is 611 g/mol. The zero-order valence-corrected chi connectivity index (χ0v) is 25.2. The standard InChI is InChI=1S/C35H49N.HI/c36-28-20-9-7-5-3-1-2-4-6-8-19-27-35(29-32-21-13-10-14-22-32,30-33-23-15-11-16-24-33)31-34-25-17-12-18-26-34;/h10-18,21-26H,1-9,19-20,27-31,36H2;1H. The van der Waals surface area contributed by atoms with Crippen LogP contribution in [0.15, 0.2) is 91.0 Å². The normalized spacial score (nSPS) is 11.3. The van der Waals surface area contributed by atoms with Crippen LogP contribution in [0.5, 0.6) is 0 Å². The molecule has 0 amide bonds. The molecule has 0 spiro atoms. The highest BCUT2D eigenvalue weighted by Crippen LogP contribution is 2.37. The Kier molecular flexibility index (Phi) is 16.6. The van der Waals surface area contributed by atoms with Gasteiger partial charge in [0, 0.05) is 0 Å².